The Hall–Kier alpha value is -2.94. The molecule has 1 amide bonds. The van der Waals surface area contributed by atoms with E-state index in [1.54, 1.807) is 0 Å². The van der Waals surface area contributed by atoms with Crippen molar-refractivity contribution in [3.63, 3.8) is 0 Å². The Morgan fingerprint density at radius 1 is 1.15 bits per heavy atom. The number of carbonyl (C=O) groups excluding carboxylic acids is 1. The number of carbonyl (C=O) groups is 1. The van der Waals surface area contributed by atoms with Crippen molar-refractivity contribution >= 4 is 51.6 Å². The molecule has 34 heavy (non-hydrogen) atoms. The molecule has 0 atom stereocenters. The Labute approximate surface area is 206 Å². The first-order chi connectivity index (χ1) is 16.6. The number of fused-ring (bicyclic) bond motifs is 1. The summed E-state index contributed by atoms with van der Waals surface area (Å²) in [6.45, 7) is 4.30. The van der Waals surface area contributed by atoms with E-state index in [2.05, 4.69) is 37.3 Å². The minimum absolute atomic E-state index is 0.304. The van der Waals surface area contributed by atoms with Crippen molar-refractivity contribution in [2.45, 2.75) is 19.4 Å². The number of amides is 1. The zero-order chi connectivity index (χ0) is 23.1. The van der Waals surface area contributed by atoms with Gasteiger partial charge in [0.05, 0.1) is 11.0 Å². The summed E-state index contributed by atoms with van der Waals surface area (Å²) < 4.78 is 0.786. The molecule has 2 fully saturated rings. The van der Waals surface area contributed by atoms with E-state index in [0.29, 0.717) is 17.8 Å². The van der Waals surface area contributed by atoms with E-state index in [1.165, 1.54) is 16.9 Å². The summed E-state index contributed by atoms with van der Waals surface area (Å²) in [5.74, 6) is 2.06. The molecule has 4 aromatic rings. The van der Waals surface area contributed by atoms with Crippen LogP contribution in [0.15, 0.2) is 48.0 Å². The average Bonchev–Trinajstić information content (AvgIpc) is 3.49. The van der Waals surface area contributed by atoms with Gasteiger partial charge in [-0.05, 0) is 59.7 Å². The second kappa shape index (κ2) is 9.02. The van der Waals surface area contributed by atoms with E-state index in [9.17, 15) is 4.79 Å². The van der Waals surface area contributed by atoms with Crippen molar-refractivity contribution in [2.24, 2.45) is 5.92 Å². The van der Waals surface area contributed by atoms with Crippen LogP contribution >= 0.6 is 22.9 Å². The highest BCUT2D eigenvalue weighted by Crippen LogP contribution is 2.34. The molecule has 1 aliphatic heterocycles. The van der Waals surface area contributed by atoms with Gasteiger partial charge >= 0.3 is 0 Å². The summed E-state index contributed by atoms with van der Waals surface area (Å²) in [7, 11) is 0. The molecule has 1 aromatic carbocycles. The Morgan fingerprint density at radius 3 is 2.76 bits per heavy atom. The number of imidazole rings is 1. The fourth-order valence-corrected chi connectivity index (χ4v) is 5.44. The number of halogens is 1. The molecule has 2 N–H and O–H groups in total. The second-order valence-corrected chi connectivity index (χ2v) is 10.5. The van der Waals surface area contributed by atoms with Crippen molar-refractivity contribution in [2.75, 3.05) is 31.5 Å². The van der Waals surface area contributed by atoms with Crippen molar-refractivity contribution in [1.82, 2.24) is 24.8 Å². The molecular weight excluding hydrogens is 468 g/mol. The normalized spacial score (nSPS) is 16.8. The molecule has 7 nitrogen and oxygen atoms in total. The van der Waals surface area contributed by atoms with Crippen LogP contribution in [0.5, 0.6) is 0 Å². The number of nitrogens with one attached hydrogen (secondary N) is 2. The summed E-state index contributed by atoms with van der Waals surface area (Å²) in [6, 6.07) is 12.2. The van der Waals surface area contributed by atoms with Gasteiger partial charge in [0.25, 0.3) is 0 Å². The van der Waals surface area contributed by atoms with E-state index in [4.69, 9.17) is 11.6 Å². The first kappa shape index (κ1) is 21.6. The zero-order valence-electron chi connectivity index (χ0n) is 18.6. The van der Waals surface area contributed by atoms with Crippen LogP contribution in [0.3, 0.4) is 0 Å². The number of aromatic amines is 1. The van der Waals surface area contributed by atoms with E-state index >= 15 is 0 Å². The van der Waals surface area contributed by atoms with Gasteiger partial charge in [-0.1, -0.05) is 17.7 Å². The van der Waals surface area contributed by atoms with Gasteiger partial charge in [0.15, 0.2) is 0 Å². The molecule has 0 radical (unpaired) electrons. The van der Waals surface area contributed by atoms with Crippen molar-refractivity contribution in [1.29, 1.82) is 0 Å². The van der Waals surface area contributed by atoms with Gasteiger partial charge in [-0.15, -0.1) is 11.3 Å². The fraction of sp³-hybridized carbons (Fsp3) is 0.320. The van der Waals surface area contributed by atoms with Gasteiger partial charge in [-0.2, -0.15) is 0 Å². The number of benzene rings is 1. The standard InChI is InChI=1S/C25H25ClN6OS/c26-23-19(6-12-34-23)18-3-4-20-21(14-18)29-25(28-20)30-22-13-16(5-7-27-22)15-31-8-10-32(11-9-31)24(33)17-1-2-17/h3-7,12-14,17H,1-2,8-11,15H2,(H2,27,28,29,30). The summed E-state index contributed by atoms with van der Waals surface area (Å²) in [6.07, 6.45) is 3.96. The van der Waals surface area contributed by atoms with Crippen LogP contribution in [0.4, 0.5) is 11.8 Å². The Balaban J connectivity index is 1.11. The molecule has 4 heterocycles. The molecule has 3 aromatic heterocycles. The highest BCUT2D eigenvalue weighted by Gasteiger charge is 2.34. The largest absolute Gasteiger partial charge is 0.340 e. The average molecular weight is 493 g/mol. The first-order valence-electron chi connectivity index (χ1n) is 11.6. The maximum Gasteiger partial charge on any atom is 0.225 e. The van der Waals surface area contributed by atoms with Crippen LogP contribution in [-0.4, -0.2) is 56.8 Å². The number of thiophene rings is 1. The maximum absolute atomic E-state index is 12.3. The van der Waals surface area contributed by atoms with E-state index < -0.39 is 0 Å². The van der Waals surface area contributed by atoms with E-state index in [1.807, 2.05) is 40.7 Å². The summed E-state index contributed by atoms with van der Waals surface area (Å²) in [5, 5.41) is 5.30. The van der Waals surface area contributed by atoms with Crippen LogP contribution in [0, 0.1) is 5.92 Å². The summed E-state index contributed by atoms with van der Waals surface area (Å²) in [5.41, 5.74) is 5.10. The minimum Gasteiger partial charge on any atom is -0.340 e. The van der Waals surface area contributed by atoms with Crippen LogP contribution < -0.4 is 5.32 Å². The molecule has 6 rings (SSSR count). The molecule has 0 bridgehead atoms. The van der Waals surface area contributed by atoms with Crippen LogP contribution in [0.2, 0.25) is 4.34 Å². The third-order valence-corrected chi connectivity index (χ3v) is 7.67. The molecule has 1 aliphatic carbocycles. The van der Waals surface area contributed by atoms with Gasteiger partial charge in [-0.25, -0.2) is 9.97 Å². The molecule has 0 unspecified atom stereocenters. The van der Waals surface area contributed by atoms with Gasteiger partial charge < -0.3 is 15.2 Å². The van der Waals surface area contributed by atoms with E-state index in [0.717, 1.165) is 77.9 Å². The Morgan fingerprint density at radius 2 is 2.00 bits per heavy atom. The van der Waals surface area contributed by atoms with Crippen molar-refractivity contribution < 1.29 is 4.79 Å². The topological polar surface area (TPSA) is 77.2 Å². The smallest absolute Gasteiger partial charge is 0.225 e. The summed E-state index contributed by atoms with van der Waals surface area (Å²) >= 11 is 7.84. The minimum atomic E-state index is 0.304. The number of hydrogen-bond acceptors (Lipinski definition) is 6. The van der Waals surface area contributed by atoms with E-state index in [-0.39, 0.29) is 0 Å². The second-order valence-electron chi connectivity index (χ2n) is 8.98. The predicted molar refractivity (Wildman–Crippen MR) is 137 cm³/mol. The van der Waals surface area contributed by atoms with Crippen molar-refractivity contribution in [3.8, 4) is 11.1 Å². The molecular formula is C25H25ClN6OS. The lowest BCUT2D eigenvalue weighted by Gasteiger charge is -2.34. The lowest BCUT2D eigenvalue weighted by molar-refractivity contribution is -0.134. The number of hydrogen-bond donors (Lipinski definition) is 2. The van der Waals surface area contributed by atoms with Crippen LogP contribution in [-0.2, 0) is 11.3 Å². The SMILES string of the molecule is O=C(C1CC1)N1CCN(Cc2ccnc(Nc3nc4ccc(-c5ccsc5Cl)cc4[nH]3)c2)CC1. The zero-order valence-corrected chi connectivity index (χ0v) is 20.2. The summed E-state index contributed by atoms with van der Waals surface area (Å²) in [4.78, 5) is 29.2. The third kappa shape index (κ3) is 4.53. The van der Waals surface area contributed by atoms with Crippen LogP contribution in [0.1, 0.15) is 18.4 Å². The number of H-pyrrole nitrogens is 1. The van der Waals surface area contributed by atoms with Crippen molar-refractivity contribution in [3.05, 3.63) is 57.9 Å². The number of rotatable bonds is 6. The molecule has 1 saturated heterocycles. The predicted octanol–water partition coefficient (Wildman–Crippen LogP) is 5.14. The first-order valence-corrected chi connectivity index (χ1v) is 12.8. The number of pyridine rings is 1. The van der Waals surface area contributed by atoms with Gasteiger partial charge in [0.2, 0.25) is 11.9 Å². The highest BCUT2D eigenvalue weighted by molar-refractivity contribution is 7.15. The molecule has 9 heteroatoms. The Bertz CT molecular complexity index is 1340. The van der Waals surface area contributed by atoms with Gasteiger partial charge in [0, 0.05) is 50.4 Å². The number of piperazine rings is 1. The Kier molecular flexibility index (Phi) is 5.72. The third-order valence-electron chi connectivity index (χ3n) is 6.50. The lowest BCUT2D eigenvalue weighted by Crippen LogP contribution is -2.48. The van der Waals surface area contributed by atoms with Gasteiger partial charge in [0.1, 0.15) is 10.2 Å². The van der Waals surface area contributed by atoms with Gasteiger partial charge in [-0.3, -0.25) is 9.69 Å². The molecule has 2 aliphatic rings. The number of aromatic nitrogens is 3. The maximum atomic E-state index is 12.3. The molecule has 1 saturated carbocycles. The fourth-order valence-electron chi connectivity index (χ4n) is 4.47. The quantitative estimate of drug-likeness (QED) is 0.390. The number of anilines is 2. The highest BCUT2D eigenvalue weighted by atomic mass is 35.5. The lowest BCUT2D eigenvalue weighted by atomic mass is 10.1. The molecule has 0 spiro atoms. The monoisotopic (exact) mass is 492 g/mol. The van der Waals surface area contributed by atoms with Crippen LogP contribution in [0.25, 0.3) is 22.2 Å². The number of nitrogens with zero attached hydrogens (tertiary/aromatic N) is 4. The molecule has 174 valence electrons.